The Labute approximate surface area is 180 Å². The van der Waals surface area contributed by atoms with E-state index in [1.807, 2.05) is 85.7 Å². The van der Waals surface area contributed by atoms with Crippen LogP contribution in [0.3, 0.4) is 0 Å². The topological polar surface area (TPSA) is 58.4 Å². The number of benzene rings is 3. The van der Waals surface area contributed by atoms with Crippen molar-refractivity contribution < 1.29 is 9.21 Å². The Morgan fingerprint density at radius 3 is 2.67 bits per heavy atom. The van der Waals surface area contributed by atoms with Crippen LogP contribution >= 0.6 is 11.8 Å². The van der Waals surface area contributed by atoms with Crippen molar-refractivity contribution in [2.24, 2.45) is 0 Å². The van der Waals surface area contributed by atoms with Crippen molar-refractivity contribution in [3.63, 3.8) is 0 Å². The van der Waals surface area contributed by atoms with Crippen molar-refractivity contribution in [1.29, 1.82) is 0 Å². The highest BCUT2D eigenvalue weighted by Gasteiger charge is 2.13. The number of hydrogen-bond acceptors (Lipinski definition) is 5. The Bertz CT molecular complexity index is 1140. The van der Waals surface area contributed by atoms with Gasteiger partial charge in [0.25, 0.3) is 11.1 Å². The van der Waals surface area contributed by atoms with Crippen molar-refractivity contribution in [3.8, 4) is 0 Å². The number of amides is 1. The molecule has 0 bridgehead atoms. The first kappa shape index (κ1) is 20.0. The number of fused-ring (bicyclic) bond motifs is 1. The number of carbonyl (C=O) groups excluding carboxylic acids is 1. The molecule has 0 saturated carbocycles. The van der Waals surface area contributed by atoms with Crippen LogP contribution in [0.5, 0.6) is 0 Å². The number of hydrogen-bond donors (Lipinski definition) is 1. The number of para-hydroxylation sites is 2. The molecule has 1 heterocycles. The van der Waals surface area contributed by atoms with Gasteiger partial charge in [-0.05, 0) is 41.5 Å². The molecule has 152 valence electrons. The summed E-state index contributed by atoms with van der Waals surface area (Å²) >= 11 is 1.49. The molecule has 1 aromatic heterocycles. The lowest BCUT2D eigenvalue weighted by atomic mass is 10.1. The van der Waals surface area contributed by atoms with E-state index < -0.39 is 0 Å². The SMILES string of the molecule is CN(C)c1cccc(CNC(=O)c2ccccc2CSc2nc3ccccc3o2)c1. The number of oxazole rings is 1. The quantitative estimate of drug-likeness (QED) is 0.423. The number of anilines is 1. The van der Waals surface area contributed by atoms with E-state index in [4.69, 9.17) is 4.42 Å². The maximum Gasteiger partial charge on any atom is 0.257 e. The van der Waals surface area contributed by atoms with Crippen molar-refractivity contribution >= 4 is 34.5 Å². The number of nitrogens with one attached hydrogen (secondary N) is 1. The lowest BCUT2D eigenvalue weighted by Gasteiger charge is -2.14. The maximum atomic E-state index is 12.8. The van der Waals surface area contributed by atoms with Crippen molar-refractivity contribution in [1.82, 2.24) is 10.3 Å². The van der Waals surface area contributed by atoms with Crippen LogP contribution in [0.2, 0.25) is 0 Å². The normalized spacial score (nSPS) is 10.9. The molecule has 0 atom stereocenters. The van der Waals surface area contributed by atoms with E-state index in [2.05, 4.69) is 16.4 Å². The number of rotatable bonds is 7. The van der Waals surface area contributed by atoms with Gasteiger partial charge in [-0.2, -0.15) is 0 Å². The Hall–Kier alpha value is -3.25. The minimum Gasteiger partial charge on any atom is -0.431 e. The van der Waals surface area contributed by atoms with Gasteiger partial charge in [0.15, 0.2) is 5.58 Å². The second-order valence-corrected chi connectivity index (χ2v) is 8.07. The zero-order valence-electron chi connectivity index (χ0n) is 17.0. The third-order valence-corrected chi connectivity index (χ3v) is 5.64. The molecule has 0 unspecified atom stereocenters. The maximum absolute atomic E-state index is 12.8. The summed E-state index contributed by atoms with van der Waals surface area (Å²) in [5.41, 5.74) is 5.40. The van der Waals surface area contributed by atoms with Crippen molar-refractivity contribution in [3.05, 3.63) is 89.5 Å². The van der Waals surface area contributed by atoms with E-state index in [0.717, 1.165) is 27.9 Å². The van der Waals surface area contributed by atoms with E-state index in [-0.39, 0.29) is 5.91 Å². The molecule has 1 amide bonds. The van der Waals surface area contributed by atoms with Crippen LogP contribution in [0.25, 0.3) is 11.1 Å². The largest absolute Gasteiger partial charge is 0.431 e. The van der Waals surface area contributed by atoms with E-state index in [9.17, 15) is 4.79 Å². The first-order valence-electron chi connectivity index (χ1n) is 9.71. The van der Waals surface area contributed by atoms with E-state index in [0.29, 0.717) is 23.1 Å². The lowest BCUT2D eigenvalue weighted by molar-refractivity contribution is 0.0950. The Balaban J connectivity index is 1.43. The minimum absolute atomic E-state index is 0.0842. The third kappa shape index (κ3) is 4.66. The van der Waals surface area contributed by atoms with Gasteiger partial charge >= 0.3 is 0 Å². The molecule has 1 N–H and O–H groups in total. The average Bonchev–Trinajstić information content (AvgIpc) is 3.19. The van der Waals surface area contributed by atoms with Crippen LogP contribution in [-0.2, 0) is 12.3 Å². The van der Waals surface area contributed by atoms with E-state index in [1.165, 1.54) is 11.8 Å². The zero-order valence-corrected chi connectivity index (χ0v) is 17.8. The van der Waals surface area contributed by atoms with Crippen LogP contribution in [0.15, 0.2) is 82.4 Å². The first-order chi connectivity index (χ1) is 14.6. The van der Waals surface area contributed by atoms with E-state index >= 15 is 0 Å². The van der Waals surface area contributed by atoms with Gasteiger partial charge in [-0.1, -0.05) is 54.2 Å². The van der Waals surface area contributed by atoms with Gasteiger partial charge in [0.05, 0.1) is 0 Å². The molecule has 5 nitrogen and oxygen atoms in total. The van der Waals surface area contributed by atoms with Gasteiger partial charge in [-0.15, -0.1) is 0 Å². The van der Waals surface area contributed by atoms with Crippen LogP contribution < -0.4 is 10.2 Å². The molecule has 4 aromatic rings. The predicted octanol–water partition coefficient (Wildman–Crippen LogP) is 5.12. The molecule has 0 aliphatic carbocycles. The molecule has 30 heavy (non-hydrogen) atoms. The fourth-order valence-electron chi connectivity index (χ4n) is 3.14. The van der Waals surface area contributed by atoms with Crippen molar-refractivity contribution in [2.75, 3.05) is 19.0 Å². The van der Waals surface area contributed by atoms with Gasteiger partial charge in [0.1, 0.15) is 5.52 Å². The summed E-state index contributed by atoms with van der Waals surface area (Å²) in [7, 11) is 4.00. The van der Waals surface area contributed by atoms with Gasteiger partial charge in [-0.3, -0.25) is 4.79 Å². The molecule has 0 fully saturated rings. The molecule has 4 rings (SSSR count). The standard InChI is InChI=1S/C24H23N3O2S/c1-27(2)19-10-7-8-17(14-19)15-25-23(28)20-11-4-3-9-18(20)16-30-24-26-21-12-5-6-13-22(21)29-24/h3-14H,15-16H2,1-2H3,(H,25,28). The summed E-state index contributed by atoms with van der Waals surface area (Å²) in [5, 5.41) is 3.64. The van der Waals surface area contributed by atoms with Crippen LogP contribution in [0.4, 0.5) is 5.69 Å². The highest BCUT2D eigenvalue weighted by Crippen LogP contribution is 2.27. The third-order valence-electron chi connectivity index (χ3n) is 4.77. The number of carbonyl (C=O) groups is 1. The fraction of sp³-hybridized carbons (Fsp3) is 0.167. The smallest absolute Gasteiger partial charge is 0.257 e. The molecule has 0 aliphatic heterocycles. The molecular formula is C24H23N3O2S. The summed E-state index contributed by atoms with van der Waals surface area (Å²) in [5.74, 6) is 0.519. The average molecular weight is 418 g/mol. The monoisotopic (exact) mass is 417 g/mol. The highest BCUT2D eigenvalue weighted by atomic mass is 32.2. The lowest BCUT2D eigenvalue weighted by Crippen LogP contribution is -2.24. The molecule has 0 saturated heterocycles. The molecule has 3 aromatic carbocycles. The molecule has 0 radical (unpaired) electrons. The Morgan fingerprint density at radius 1 is 1.03 bits per heavy atom. The summed E-state index contributed by atoms with van der Waals surface area (Å²) in [6, 6.07) is 23.5. The van der Waals surface area contributed by atoms with Crippen molar-refractivity contribution in [2.45, 2.75) is 17.5 Å². The van der Waals surface area contributed by atoms with Crippen LogP contribution in [-0.4, -0.2) is 25.0 Å². The van der Waals surface area contributed by atoms with E-state index in [1.54, 1.807) is 0 Å². The molecule has 0 spiro atoms. The second-order valence-electron chi connectivity index (χ2n) is 7.14. The second kappa shape index (κ2) is 9.05. The first-order valence-corrected chi connectivity index (χ1v) is 10.7. The summed E-state index contributed by atoms with van der Waals surface area (Å²) in [6.45, 7) is 0.479. The summed E-state index contributed by atoms with van der Waals surface area (Å²) in [6.07, 6.45) is 0. The number of aromatic nitrogens is 1. The summed E-state index contributed by atoms with van der Waals surface area (Å²) in [4.78, 5) is 19.4. The Morgan fingerprint density at radius 2 is 1.83 bits per heavy atom. The highest BCUT2D eigenvalue weighted by molar-refractivity contribution is 7.98. The Kier molecular flexibility index (Phi) is 6.05. The number of nitrogens with zero attached hydrogens (tertiary/aromatic N) is 2. The van der Waals surface area contributed by atoms with Gasteiger partial charge in [-0.25, -0.2) is 4.98 Å². The van der Waals surface area contributed by atoms with Crippen LogP contribution in [0.1, 0.15) is 21.5 Å². The molecule has 0 aliphatic rings. The van der Waals surface area contributed by atoms with Crippen LogP contribution in [0, 0.1) is 0 Å². The fourth-order valence-corrected chi connectivity index (χ4v) is 3.98. The van der Waals surface area contributed by atoms with Gasteiger partial charge in [0.2, 0.25) is 0 Å². The van der Waals surface area contributed by atoms with Gasteiger partial charge < -0.3 is 14.6 Å². The zero-order chi connectivity index (χ0) is 20.9. The molecular weight excluding hydrogens is 394 g/mol. The van der Waals surface area contributed by atoms with Gasteiger partial charge in [0, 0.05) is 37.6 Å². The molecule has 6 heteroatoms. The minimum atomic E-state index is -0.0842. The summed E-state index contributed by atoms with van der Waals surface area (Å²) < 4.78 is 5.77. The predicted molar refractivity (Wildman–Crippen MR) is 122 cm³/mol. The number of thioether (sulfide) groups is 1.